The van der Waals surface area contributed by atoms with Crippen molar-refractivity contribution in [2.24, 2.45) is 86.4 Å². The third kappa shape index (κ3) is 34.1. The van der Waals surface area contributed by atoms with Gasteiger partial charge in [-0.3, -0.25) is 79.2 Å². The third-order valence-electron chi connectivity index (χ3n) is 15.6. The van der Waals surface area contributed by atoms with Crippen molar-refractivity contribution in [1.29, 1.82) is 21.6 Å². The van der Waals surface area contributed by atoms with Crippen LogP contribution in [-0.2, 0) is 87.3 Å². The molecule has 632 valence electrons. The number of aryl methyl sites for hydroxylation is 9. The number of carbonyl (C=O) groups excluding carboxylic acids is 12. The Hall–Kier alpha value is -11.3. The van der Waals surface area contributed by atoms with E-state index in [1.807, 2.05) is 0 Å². The van der Waals surface area contributed by atoms with Gasteiger partial charge < -0.3 is 134 Å². The molecule has 3 radical (unpaired) electrons. The summed E-state index contributed by atoms with van der Waals surface area (Å²) in [6, 6.07) is 13.9. The molecule has 0 bridgehead atoms. The number of nitrogens with zero attached hydrogens (tertiary/aromatic N) is 9. The summed E-state index contributed by atoms with van der Waals surface area (Å²) < 4.78 is 14.3. The van der Waals surface area contributed by atoms with E-state index in [4.69, 9.17) is 67.6 Å². The number of rotatable bonds is 31. The molecule has 0 aliphatic heterocycles. The Balaban J connectivity index is 0.000000512. The number of halogens is 5. The zero-order valence-corrected chi connectivity index (χ0v) is 75.9. The van der Waals surface area contributed by atoms with Gasteiger partial charge >= 0.3 is 49.4 Å². The van der Waals surface area contributed by atoms with Crippen molar-refractivity contribution < 1.29 is 67.0 Å². The van der Waals surface area contributed by atoms with Crippen molar-refractivity contribution in [1.82, 2.24) is 62.4 Å². The minimum atomic E-state index is -0.545. The quantitative estimate of drug-likeness (QED) is 0.00669. The fourth-order valence-corrected chi connectivity index (χ4v) is 10.4. The molecular formula is C69H91BClI4N30O12V. The standard InChI is InChI=1S/C22H27N9O4.C16H21N7O3.C15H21N7O2.C9H15N5O.C7H7ClN2O2.B.I2.2HI.V/c1-29-9-13(26-12-32)6-17(29)21(34)28-15-8-18(31(3)11-15)22(35)27-14-7-16(30(2)10-14)20(33)25-5-4-19(23)24;1-22-7-10(20-9-24)5-13(22)16(26)21-11-6-12(23(2)8-11)15(25)19-4-3-14(17)18;1-21-7-9(16)5-11(21)15(24)20-10-6-12(22(2)8-10)14(23)19-4-3-13(17)18;1-14-5-6(10)4-7(14)9(15)13-3-2-8(11)12;1-10-3-5(9-4-11)2-6(10)7(8)12;;1-2;;;/h6-12H,4-5H2,1-3H3,(H3,23,24)(H,25,33)(H,26,32)(H,27,35)(H,28,34);5-9H,3-4H2,1-2H3,(H3,17,18)(H,19,25)(H,20,24)(H,21,26);5-8H,3-4,16H2,1-2H3,(H3,17,18)(H,19,23)(H,20,24);4-5H,2-3,10H2,1H3,(H3,11,12)(H,13,15);2-4H,1H3,(H,9,11);;;2*1H;/q;;;;;;;;;+2/p-2. The SMILES string of the molecule is Cn1cc(N)cc1C(=O)NCCC(=N)N.Cn1cc(NC(=O)c2cc(N)cn2C)cc1C(=O)NCCC(=N)N.Cn1cc(NC(=O)c2cc(NC(=O)c3cc(NC=O)cn3C)cn2C)cc1C(=O)NCCC(=N)N.Cn1cc(NC(=O)c2cc(NC=O)cn2C)cc1C(=O)NCCC(=N)N.Cn1cc(NC=O)cc1C(=O)Cl.II.[B].[I][V][I]. The number of aromatic nitrogens is 9. The van der Waals surface area contributed by atoms with Crippen molar-refractivity contribution in [2.45, 2.75) is 25.7 Å². The molecule has 9 aromatic rings. The summed E-state index contributed by atoms with van der Waals surface area (Å²) in [6.45, 7) is 1.14. The van der Waals surface area contributed by atoms with Crippen LogP contribution in [0.1, 0.15) is 120 Å². The fraction of sp³-hybridized carbons (Fsp3) is 0.246. The molecule has 0 spiro atoms. The summed E-state index contributed by atoms with van der Waals surface area (Å²) in [4.78, 5) is 140. The predicted octanol–water partition coefficient (Wildman–Crippen LogP) is 5.12. The molecule has 11 amide bonds. The third-order valence-corrected chi connectivity index (χ3v) is 15.8. The number of carbonyl (C=O) groups is 12. The zero-order valence-electron chi connectivity index (χ0n) is 65.1. The number of amidine groups is 4. The van der Waals surface area contributed by atoms with Gasteiger partial charge in [0.15, 0.2) is 0 Å². The average Bonchev–Trinajstić information content (AvgIpc) is 1.68. The Labute approximate surface area is 736 Å². The Kier molecular flexibility index (Phi) is 45.0. The first-order chi connectivity index (χ1) is 55.2. The van der Waals surface area contributed by atoms with Crippen molar-refractivity contribution in [3.63, 3.8) is 0 Å². The van der Waals surface area contributed by atoms with Gasteiger partial charge in [-0.1, -0.05) is 0 Å². The second-order valence-corrected chi connectivity index (χ2v) is 36.8. The summed E-state index contributed by atoms with van der Waals surface area (Å²) in [7, 11) is 15.9. The summed E-state index contributed by atoms with van der Waals surface area (Å²) in [5.74, 6) is -2.69. The van der Waals surface area contributed by atoms with Crippen molar-refractivity contribution in [2.75, 3.05) is 74.9 Å². The number of anilines is 9. The fourth-order valence-electron chi connectivity index (χ4n) is 10.2. The molecular weight excluding hydrogens is 2050 g/mol. The van der Waals surface area contributed by atoms with Crippen LogP contribution in [0.2, 0.25) is 0 Å². The molecule has 0 atom stereocenters. The molecule has 42 nitrogen and oxygen atoms in total. The maximum atomic E-state index is 12.8. The van der Waals surface area contributed by atoms with E-state index in [9.17, 15) is 57.5 Å². The Morgan fingerprint density at radius 1 is 0.339 bits per heavy atom. The first kappa shape index (κ1) is 103. The van der Waals surface area contributed by atoms with Crippen LogP contribution in [0.25, 0.3) is 0 Å². The average molecular weight is 2140 g/mol. The van der Waals surface area contributed by atoms with Crippen molar-refractivity contribution >= 4 is 243 Å². The summed E-state index contributed by atoms with van der Waals surface area (Å²) in [5, 5.41) is 56.9. The normalized spacial score (nSPS) is 9.88. The van der Waals surface area contributed by atoms with Gasteiger partial charge in [0.2, 0.25) is 19.2 Å². The molecule has 118 heavy (non-hydrogen) atoms. The van der Waals surface area contributed by atoms with Crippen LogP contribution in [0.4, 0.5) is 51.2 Å². The maximum absolute atomic E-state index is 12.8. The van der Waals surface area contributed by atoms with E-state index in [0.29, 0.717) is 138 Å². The monoisotopic (exact) mass is 2140 g/mol. The molecule has 9 rings (SSSR count). The van der Waals surface area contributed by atoms with Gasteiger partial charge in [-0.25, -0.2) is 0 Å². The molecule has 0 fully saturated rings. The molecule has 0 aliphatic rings. The number of hydrogen-bond acceptors (Lipinski definition) is 18. The molecule has 0 saturated heterocycles. The van der Waals surface area contributed by atoms with Crippen LogP contribution in [-0.4, -0.2) is 171 Å². The molecule has 0 aliphatic carbocycles. The number of hydrogen-bond donors (Lipinski definition) is 21. The van der Waals surface area contributed by atoms with E-state index in [1.54, 1.807) is 191 Å². The van der Waals surface area contributed by atoms with Crippen molar-refractivity contribution in [3.05, 3.63) is 162 Å². The molecule has 0 unspecified atom stereocenters. The van der Waals surface area contributed by atoms with Crippen LogP contribution in [0.5, 0.6) is 0 Å². The van der Waals surface area contributed by atoms with E-state index >= 15 is 0 Å². The van der Waals surface area contributed by atoms with Gasteiger partial charge in [0.05, 0.1) is 74.5 Å². The Bertz CT molecular complexity index is 5050. The predicted molar refractivity (Wildman–Crippen MR) is 486 cm³/mol. The first-order valence-corrected chi connectivity index (χ1v) is 49.5. The second kappa shape index (κ2) is 51.7. The van der Waals surface area contributed by atoms with E-state index in [0.717, 1.165) is 0 Å². The van der Waals surface area contributed by atoms with E-state index in [-0.39, 0.29) is 112 Å². The molecule has 27 N–H and O–H groups in total. The number of nitrogen functional groups attached to an aromatic ring is 2. The van der Waals surface area contributed by atoms with E-state index in [1.165, 1.54) is 24.3 Å². The molecule has 9 heterocycles. The minimum absolute atomic E-state index is 0. The molecule has 49 heteroatoms. The van der Waals surface area contributed by atoms with Gasteiger partial charge in [0, 0.05) is 217 Å². The number of nitrogens with two attached hydrogens (primary N) is 6. The van der Waals surface area contributed by atoms with Crippen LogP contribution < -0.4 is 92.9 Å². The Morgan fingerprint density at radius 3 is 0.695 bits per heavy atom. The zero-order chi connectivity index (χ0) is 88.1. The van der Waals surface area contributed by atoms with Crippen LogP contribution in [0.3, 0.4) is 0 Å². The van der Waals surface area contributed by atoms with Gasteiger partial charge in [0.1, 0.15) is 51.2 Å². The van der Waals surface area contributed by atoms with E-state index < -0.39 is 17.1 Å². The molecule has 0 saturated carbocycles. The number of nitrogens with one attached hydrogen (secondary N) is 15. The first-order valence-electron chi connectivity index (χ1n) is 33.8. The van der Waals surface area contributed by atoms with E-state index in [2.05, 4.69) is 136 Å². The van der Waals surface area contributed by atoms with Gasteiger partial charge in [-0.05, 0) is 66.2 Å². The molecule has 9 aromatic heterocycles. The molecule has 0 aromatic carbocycles. The van der Waals surface area contributed by atoms with Crippen LogP contribution in [0, 0.1) is 21.6 Å². The number of amides is 11. The summed E-state index contributed by atoms with van der Waals surface area (Å²) >= 11 is 14.2. The Morgan fingerprint density at radius 2 is 0.508 bits per heavy atom. The summed E-state index contributed by atoms with van der Waals surface area (Å²) in [6.07, 6.45) is 17.3. The van der Waals surface area contributed by atoms with Crippen LogP contribution >= 0.6 is 88.8 Å². The topological polar surface area (TPSA) is 633 Å². The van der Waals surface area contributed by atoms with Crippen molar-refractivity contribution in [3.8, 4) is 0 Å². The summed E-state index contributed by atoms with van der Waals surface area (Å²) in [5.41, 5.74) is 39.8. The van der Waals surface area contributed by atoms with Crippen LogP contribution in [0.15, 0.2) is 110 Å². The van der Waals surface area contributed by atoms with Gasteiger partial charge in [-0.2, -0.15) is 0 Å². The second-order valence-electron chi connectivity index (χ2n) is 24.7. The van der Waals surface area contributed by atoms with Gasteiger partial charge in [-0.15, -0.1) is 0 Å². The van der Waals surface area contributed by atoms with Gasteiger partial charge in [0.25, 0.3) is 52.5 Å².